The molecule has 1 amide bonds. The van der Waals surface area contributed by atoms with E-state index < -0.39 is 22.5 Å². The van der Waals surface area contributed by atoms with Gasteiger partial charge >= 0.3 is 0 Å². The molecule has 1 aromatic heterocycles. The first kappa shape index (κ1) is 18.4. The van der Waals surface area contributed by atoms with Crippen molar-refractivity contribution in [2.24, 2.45) is 0 Å². The van der Waals surface area contributed by atoms with Crippen molar-refractivity contribution < 1.29 is 20.0 Å². The molecule has 9 nitrogen and oxygen atoms in total. The van der Waals surface area contributed by atoms with Gasteiger partial charge in [-0.1, -0.05) is 0 Å². The van der Waals surface area contributed by atoms with Crippen LogP contribution in [0.2, 0.25) is 0 Å². The van der Waals surface area contributed by atoms with Gasteiger partial charge in [-0.25, -0.2) is 5.21 Å². The summed E-state index contributed by atoms with van der Waals surface area (Å²) in [5.41, 5.74) is -0.195. The number of ketones is 1. The second-order valence-corrected chi connectivity index (χ2v) is 5.34. The number of nitrogens with one attached hydrogen (secondary N) is 3. The minimum Gasteiger partial charge on any atom is -0.595 e. The summed E-state index contributed by atoms with van der Waals surface area (Å²) in [7, 11) is 0. The highest BCUT2D eigenvalue weighted by Crippen LogP contribution is 2.12. The van der Waals surface area contributed by atoms with E-state index in [-0.39, 0.29) is 16.0 Å². The van der Waals surface area contributed by atoms with Gasteiger partial charge < -0.3 is 10.5 Å². The molecule has 1 unspecified atom stereocenters. The molecule has 0 aliphatic heterocycles. The lowest BCUT2D eigenvalue weighted by Gasteiger charge is -2.12. The van der Waals surface area contributed by atoms with Gasteiger partial charge in [0, 0.05) is 36.3 Å². The zero-order valence-corrected chi connectivity index (χ0v) is 13.8. The third-order valence-corrected chi connectivity index (χ3v) is 3.45. The van der Waals surface area contributed by atoms with Gasteiger partial charge in [-0.15, -0.1) is 0 Å². The van der Waals surface area contributed by atoms with Crippen molar-refractivity contribution >= 4 is 41.5 Å². The Morgan fingerprint density at radius 2 is 1.96 bits per heavy atom. The van der Waals surface area contributed by atoms with Gasteiger partial charge in [-0.05, 0) is 31.3 Å². The van der Waals surface area contributed by atoms with Crippen molar-refractivity contribution in [2.45, 2.75) is 6.92 Å². The van der Waals surface area contributed by atoms with Crippen LogP contribution in [-0.2, 0) is 9.59 Å². The molecule has 1 heterocycles. The molecular weight excluding hydrogens is 348 g/mol. The molecule has 130 valence electrons. The maximum absolute atomic E-state index is 12.3. The quantitative estimate of drug-likeness (QED) is 0.200. The smallest absolute Gasteiger partial charge is 0.260 e. The van der Waals surface area contributed by atoms with E-state index in [2.05, 4.69) is 10.3 Å². The van der Waals surface area contributed by atoms with Crippen molar-refractivity contribution in [3.8, 4) is 0 Å². The minimum atomic E-state index is -1.09. The van der Waals surface area contributed by atoms with Crippen LogP contribution >= 0.6 is 12.2 Å². The highest BCUT2D eigenvalue weighted by molar-refractivity contribution is 7.71. The lowest BCUT2D eigenvalue weighted by Crippen LogP contribution is -2.99. The van der Waals surface area contributed by atoms with Gasteiger partial charge in [0.15, 0.2) is 16.2 Å². The number of nitrogens with zero attached hydrogens (tertiary/aromatic N) is 1. The second kappa shape index (κ2) is 7.77. The van der Waals surface area contributed by atoms with E-state index in [4.69, 9.17) is 17.4 Å². The lowest BCUT2D eigenvalue weighted by atomic mass is 10.2. The van der Waals surface area contributed by atoms with Crippen molar-refractivity contribution in [3.63, 3.8) is 0 Å². The average Bonchev–Trinajstić information content (AvgIpc) is 2.54. The first-order chi connectivity index (χ1) is 11.8. The van der Waals surface area contributed by atoms with Crippen LogP contribution in [0.3, 0.4) is 0 Å². The highest BCUT2D eigenvalue weighted by atomic mass is 32.1. The van der Waals surface area contributed by atoms with Gasteiger partial charge in [-0.3, -0.25) is 23.9 Å². The van der Waals surface area contributed by atoms with E-state index in [0.29, 0.717) is 5.69 Å². The largest absolute Gasteiger partial charge is 0.595 e. The summed E-state index contributed by atoms with van der Waals surface area (Å²) in [5.74, 6) is -1.20. The van der Waals surface area contributed by atoms with Gasteiger partial charge in [0.05, 0.1) is 5.57 Å². The number of carbonyl (C=O) groups is 2. The summed E-state index contributed by atoms with van der Waals surface area (Å²) in [6.07, 6.45) is 2.54. The molecule has 0 saturated carbocycles. The Labute approximate surface area is 146 Å². The fraction of sp³-hybridized carbons (Fsp3) is 0.0667. The number of hydrogen-bond acceptors (Lipinski definition) is 6. The van der Waals surface area contributed by atoms with Gasteiger partial charge in [-0.2, -0.15) is 5.23 Å². The van der Waals surface area contributed by atoms with E-state index in [1.807, 2.05) is 0 Å². The van der Waals surface area contributed by atoms with Crippen LogP contribution in [0.25, 0.3) is 6.20 Å². The molecule has 2 rings (SSSR count). The van der Waals surface area contributed by atoms with Gasteiger partial charge in [0.1, 0.15) is 0 Å². The Morgan fingerprint density at radius 1 is 1.32 bits per heavy atom. The number of quaternary nitrogens is 1. The molecule has 0 bridgehead atoms. The molecule has 2 aromatic rings. The van der Waals surface area contributed by atoms with Crippen LogP contribution in [-0.4, -0.2) is 26.4 Å². The summed E-state index contributed by atoms with van der Waals surface area (Å²) in [5, 5.41) is 21.1. The lowest BCUT2D eigenvalue weighted by molar-refractivity contribution is -0.991. The normalized spacial score (nSPS) is 12.5. The average molecular weight is 362 g/mol. The molecule has 1 aromatic carbocycles. The molecule has 0 spiro atoms. The summed E-state index contributed by atoms with van der Waals surface area (Å²) in [6, 6.07) is 6.67. The number of anilines is 1. The third kappa shape index (κ3) is 4.78. The Morgan fingerprint density at radius 3 is 2.48 bits per heavy atom. The molecule has 1 atom stereocenters. The second-order valence-electron chi connectivity index (χ2n) is 4.95. The number of H-pyrrole nitrogens is 1. The van der Waals surface area contributed by atoms with Gasteiger partial charge in [0.2, 0.25) is 0 Å². The molecule has 10 heteroatoms. The molecule has 4 N–H and O–H groups in total. The van der Waals surface area contributed by atoms with E-state index in [1.165, 1.54) is 54.2 Å². The SMILES string of the molecule is CC(=O)/C(=C\n1ccc(=O)[nH]c1=S)C(=O)Nc1ccc([NH+]([O-])O)cc1. The van der Waals surface area contributed by atoms with Crippen molar-refractivity contribution in [3.05, 3.63) is 62.4 Å². The molecule has 0 aliphatic carbocycles. The minimum absolute atomic E-state index is 0.0323. The monoisotopic (exact) mass is 362 g/mol. The zero-order chi connectivity index (χ0) is 18.6. The molecule has 0 fully saturated rings. The van der Waals surface area contributed by atoms with Gasteiger partial charge in [0.25, 0.3) is 11.5 Å². The molecule has 25 heavy (non-hydrogen) atoms. The van der Waals surface area contributed by atoms with Crippen molar-refractivity contribution in [2.75, 3.05) is 5.32 Å². The Hall–Kier alpha value is -2.92. The topological polar surface area (TPSA) is 132 Å². The fourth-order valence-corrected chi connectivity index (χ4v) is 2.09. The summed E-state index contributed by atoms with van der Waals surface area (Å²) >= 11 is 4.96. The van der Waals surface area contributed by atoms with Crippen LogP contribution in [0, 0.1) is 9.98 Å². The maximum Gasteiger partial charge on any atom is 0.260 e. The Bertz CT molecular complexity index is 943. The summed E-state index contributed by atoms with van der Waals surface area (Å²) in [6.45, 7) is 1.22. The first-order valence-corrected chi connectivity index (χ1v) is 7.37. The van der Waals surface area contributed by atoms with Crippen LogP contribution in [0.15, 0.2) is 46.9 Å². The van der Waals surface area contributed by atoms with E-state index in [1.54, 1.807) is 0 Å². The predicted molar refractivity (Wildman–Crippen MR) is 91.7 cm³/mol. The van der Waals surface area contributed by atoms with E-state index >= 15 is 0 Å². The molecular formula is C15H14N4O5S. The van der Waals surface area contributed by atoms with Crippen LogP contribution < -0.4 is 16.1 Å². The van der Waals surface area contributed by atoms with E-state index in [0.717, 1.165) is 0 Å². The van der Waals surface area contributed by atoms with E-state index in [9.17, 15) is 19.6 Å². The Kier molecular flexibility index (Phi) is 5.72. The van der Waals surface area contributed by atoms with Crippen LogP contribution in [0.1, 0.15) is 6.92 Å². The Balaban J connectivity index is 2.29. The molecule has 0 saturated heterocycles. The fourth-order valence-electron chi connectivity index (χ4n) is 1.87. The molecule has 0 aliphatic rings. The first-order valence-electron chi connectivity index (χ1n) is 6.97. The van der Waals surface area contributed by atoms with Crippen LogP contribution in [0.4, 0.5) is 11.4 Å². The zero-order valence-electron chi connectivity index (χ0n) is 13.0. The summed E-state index contributed by atoms with van der Waals surface area (Å²) in [4.78, 5) is 37.6. The molecule has 0 radical (unpaired) electrons. The van der Waals surface area contributed by atoms with Crippen molar-refractivity contribution in [1.29, 1.82) is 0 Å². The summed E-state index contributed by atoms with van der Waals surface area (Å²) < 4.78 is 1.30. The number of aromatic nitrogens is 2. The highest BCUT2D eigenvalue weighted by Gasteiger charge is 2.15. The van der Waals surface area contributed by atoms with Crippen molar-refractivity contribution in [1.82, 2.24) is 9.55 Å². The number of amides is 1. The standard InChI is InChI=1S/C15H14N4O5S/c1-9(20)12(8-18-7-6-13(21)17-15(18)25)14(22)16-10-2-4-11(5-3-10)19(23)24/h2-8,19,23H,1H3,(H,16,22)(H,17,21,25)/b12-8+. The maximum atomic E-state index is 12.3. The number of hydrogen-bond donors (Lipinski definition) is 4. The number of Topliss-reactive ketones (excluding diaryl/α,β-unsaturated/α-hetero) is 1. The predicted octanol–water partition coefficient (Wildman–Crippen LogP) is 0.378. The number of benzene rings is 1. The van der Waals surface area contributed by atoms with Crippen LogP contribution in [0.5, 0.6) is 0 Å². The number of carbonyl (C=O) groups excluding carboxylic acids is 2. The number of aromatic amines is 1. The third-order valence-electron chi connectivity index (χ3n) is 3.13. The number of rotatable bonds is 5.